The maximum Gasteiger partial charge on any atom is 0.169 e. The number of phenols is 1. The van der Waals surface area contributed by atoms with Crippen molar-refractivity contribution in [3.8, 4) is 11.5 Å². The van der Waals surface area contributed by atoms with Crippen LogP contribution in [0.5, 0.6) is 11.5 Å². The Kier molecular flexibility index (Phi) is 2.83. The molecule has 0 atom stereocenters. The molecule has 0 amide bonds. The monoisotopic (exact) mass is 258 g/mol. The van der Waals surface area contributed by atoms with Gasteiger partial charge in [0.15, 0.2) is 11.4 Å². The van der Waals surface area contributed by atoms with Gasteiger partial charge in [-0.1, -0.05) is 12.1 Å². The molecule has 3 aromatic rings. The second-order valence-electron chi connectivity index (χ2n) is 4.16. The molecule has 1 aromatic heterocycles. The molecule has 96 valence electrons. The highest BCUT2D eigenvalue weighted by molar-refractivity contribution is 5.81. The predicted octanol–water partition coefficient (Wildman–Crippen LogP) is 3.86. The highest BCUT2D eigenvalue weighted by atomic mass is 19.1. The van der Waals surface area contributed by atoms with E-state index in [1.807, 2.05) is 0 Å². The molecular weight excluding hydrogens is 247 g/mol. The molecule has 0 unspecified atom stereocenters. The van der Waals surface area contributed by atoms with E-state index in [2.05, 4.69) is 0 Å². The first kappa shape index (κ1) is 11.6. The van der Waals surface area contributed by atoms with Crippen LogP contribution in [-0.2, 0) is 6.61 Å². The van der Waals surface area contributed by atoms with E-state index in [4.69, 9.17) is 14.3 Å². The van der Waals surface area contributed by atoms with Crippen LogP contribution in [0.3, 0.4) is 0 Å². The van der Waals surface area contributed by atoms with E-state index in [9.17, 15) is 4.39 Å². The lowest BCUT2D eigenvalue weighted by molar-refractivity contribution is 0.305. The van der Waals surface area contributed by atoms with E-state index in [1.54, 1.807) is 36.4 Å². The third-order valence-corrected chi connectivity index (χ3v) is 2.86. The van der Waals surface area contributed by atoms with Crippen molar-refractivity contribution in [1.82, 2.24) is 0 Å². The molecule has 0 aliphatic heterocycles. The third kappa shape index (κ3) is 2.25. The quantitative estimate of drug-likeness (QED) is 0.775. The normalized spacial score (nSPS) is 10.8. The smallest absolute Gasteiger partial charge is 0.169 e. The summed E-state index contributed by atoms with van der Waals surface area (Å²) in [6.45, 7) is 0.279. The molecule has 19 heavy (non-hydrogen) atoms. The first-order valence-electron chi connectivity index (χ1n) is 5.80. The molecule has 4 heteroatoms. The van der Waals surface area contributed by atoms with Crippen LogP contribution < -0.4 is 4.74 Å². The lowest BCUT2D eigenvalue weighted by Gasteiger charge is -2.04. The van der Waals surface area contributed by atoms with Crippen LogP contribution >= 0.6 is 0 Å². The Morgan fingerprint density at radius 2 is 1.89 bits per heavy atom. The van der Waals surface area contributed by atoms with Crippen LogP contribution in [0.4, 0.5) is 4.39 Å². The first-order chi connectivity index (χ1) is 9.24. The van der Waals surface area contributed by atoms with Gasteiger partial charge in [0.1, 0.15) is 18.1 Å². The minimum Gasteiger partial charge on any atom is -0.508 e. The van der Waals surface area contributed by atoms with Crippen molar-refractivity contribution >= 4 is 11.0 Å². The molecule has 0 saturated carbocycles. The van der Waals surface area contributed by atoms with Crippen molar-refractivity contribution in [2.75, 3.05) is 0 Å². The van der Waals surface area contributed by atoms with Crippen LogP contribution in [0.25, 0.3) is 11.0 Å². The average molecular weight is 258 g/mol. The molecule has 2 aromatic carbocycles. The van der Waals surface area contributed by atoms with Crippen molar-refractivity contribution in [2.45, 2.75) is 6.61 Å². The van der Waals surface area contributed by atoms with Gasteiger partial charge in [-0.3, -0.25) is 0 Å². The summed E-state index contributed by atoms with van der Waals surface area (Å²) in [5.41, 5.74) is 1.02. The van der Waals surface area contributed by atoms with Crippen LogP contribution in [0.15, 0.2) is 53.1 Å². The van der Waals surface area contributed by atoms with E-state index in [0.717, 1.165) is 5.56 Å². The van der Waals surface area contributed by atoms with Crippen molar-refractivity contribution in [2.24, 2.45) is 0 Å². The van der Waals surface area contributed by atoms with E-state index < -0.39 is 0 Å². The number of hydrogen-bond acceptors (Lipinski definition) is 3. The summed E-state index contributed by atoms with van der Waals surface area (Å²) in [6.07, 6.45) is 1.49. The number of halogens is 1. The summed E-state index contributed by atoms with van der Waals surface area (Å²) in [4.78, 5) is 0. The van der Waals surface area contributed by atoms with Gasteiger partial charge in [-0.2, -0.15) is 0 Å². The van der Waals surface area contributed by atoms with E-state index in [-0.39, 0.29) is 23.8 Å². The van der Waals surface area contributed by atoms with Gasteiger partial charge < -0.3 is 14.3 Å². The third-order valence-electron chi connectivity index (χ3n) is 2.86. The van der Waals surface area contributed by atoms with Crippen LogP contribution in [0.2, 0.25) is 0 Å². The summed E-state index contributed by atoms with van der Waals surface area (Å²) in [5.74, 6) is 0.431. The fourth-order valence-electron chi connectivity index (χ4n) is 1.89. The lowest BCUT2D eigenvalue weighted by atomic mass is 10.2. The molecule has 1 heterocycles. The summed E-state index contributed by atoms with van der Waals surface area (Å²) in [7, 11) is 0. The summed E-state index contributed by atoms with van der Waals surface area (Å²) in [6, 6.07) is 11.2. The summed E-state index contributed by atoms with van der Waals surface area (Å²) >= 11 is 0. The maximum absolute atomic E-state index is 13.4. The Morgan fingerprint density at radius 3 is 2.68 bits per heavy atom. The maximum atomic E-state index is 13.4. The Labute approximate surface area is 108 Å². The zero-order chi connectivity index (χ0) is 13.2. The number of phenolic OH excluding ortho intramolecular Hbond substituents is 1. The van der Waals surface area contributed by atoms with Gasteiger partial charge in [-0.15, -0.1) is 0 Å². The Bertz CT molecular complexity index is 701. The molecule has 0 spiro atoms. The van der Waals surface area contributed by atoms with Gasteiger partial charge in [0.2, 0.25) is 0 Å². The van der Waals surface area contributed by atoms with E-state index in [1.165, 1.54) is 12.3 Å². The number of rotatable bonds is 3. The number of ether oxygens (including phenoxy) is 1. The number of para-hydroxylation sites is 1. The highest BCUT2D eigenvalue weighted by Crippen LogP contribution is 2.25. The highest BCUT2D eigenvalue weighted by Gasteiger charge is 2.09. The summed E-state index contributed by atoms with van der Waals surface area (Å²) in [5, 5.41) is 9.88. The van der Waals surface area contributed by atoms with Gasteiger partial charge >= 0.3 is 0 Å². The molecule has 1 N–H and O–H groups in total. The standard InChI is InChI=1S/C15H11FO3/c16-14-3-1-2-13-10(9-19-15(13)14)8-18-12-6-4-11(17)5-7-12/h1-7,9,17H,8H2. The molecule has 0 aliphatic rings. The lowest BCUT2D eigenvalue weighted by Crippen LogP contribution is -1.94. The number of hydrogen-bond donors (Lipinski definition) is 1. The second kappa shape index (κ2) is 4.65. The summed E-state index contributed by atoms with van der Waals surface area (Å²) < 4.78 is 24.2. The predicted molar refractivity (Wildman–Crippen MR) is 68.6 cm³/mol. The number of fused-ring (bicyclic) bond motifs is 1. The van der Waals surface area contributed by atoms with Gasteiger partial charge in [0, 0.05) is 10.9 Å². The van der Waals surface area contributed by atoms with Crippen LogP contribution in [0.1, 0.15) is 5.56 Å². The number of benzene rings is 2. The topological polar surface area (TPSA) is 42.6 Å². The number of aromatic hydroxyl groups is 1. The van der Waals surface area contributed by atoms with Crippen molar-refractivity contribution in [3.63, 3.8) is 0 Å². The van der Waals surface area contributed by atoms with E-state index in [0.29, 0.717) is 11.1 Å². The zero-order valence-electron chi connectivity index (χ0n) is 9.97. The van der Waals surface area contributed by atoms with Crippen LogP contribution in [-0.4, -0.2) is 5.11 Å². The van der Waals surface area contributed by atoms with Crippen LogP contribution in [0, 0.1) is 5.82 Å². The Hall–Kier alpha value is -2.49. The first-order valence-corrected chi connectivity index (χ1v) is 5.80. The zero-order valence-corrected chi connectivity index (χ0v) is 9.97. The second-order valence-corrected chi connectivity index (χ2v) is 4.16. The minimum absolute atomic E-state index is 0.184. The van der Waals surface area contributed by atoms with Gasteiger partial charge in [0.05, 0.1) is 6.26 Å². The molecular formula is C15H11FO3. The largest absolute Gasteiger partial charge is 0.508 e. The SMILES string of the molecule is Oc1ccc(OCc2coc3c(F)cccc23)cc1. The molecule has 3 nitrogen and oxygen atoms in total. The van der Waals surface area contributed by atoms with Crippen molar-refractivity contribution < 1.29 is 18.7 Å². The number of furan rings is 1. The van der Waals surface area contributed by atoms with Crippen molar-refractivity contribution in [3.05, 3.63) is 60.1 Å². The minimum atomic E-state index is -0.381. The molecule has 0 fully saturated rings. The van der Waals surface area contributed by atoms with Gasteiger partial charge in [-0.05, 0) is 30.3 Å². The fourth-order valence-corrected chi connectivity index (χ4v) is 1.89. The van der Waals surface area contributed by atoms with Gasteiger partial charge in [0.25, 0.3) is 0 Å². The Morgan fingerprint density at radius 1 is 1.11 bits per heavy atom. The molecule has 0 aliphatic carbocycles. The fraction of sp³-hybridized carbons (Fsp3) is 0.0667. The van der Waals surface area contributed by atoms with Gasteiger partial charge in [-0.25, -0.2) is 4.39 Å². The molecule has 3 rings (SSSR count). The van der Waals surface area contributed by atoms with Crippen molar-refractivity contribution in [1.29, 1.82) is 0 Å². The molecule has 0 radical (unpaired) electrons. The molecule has 0 bridgehead atoms. The van der Waals surface area contributed by atoms with E-state index >= 15 is 0 Å². The average Bonchev–Trinajstić information content (AvgIpc) is 2.83. The molecule has 0 saturated heterocycles. The Balaban J connectivity index is 1.82.